The molecule has 0 aromatic carbocycles. The fraction of sp³-hybridized carbons (Fsp3) is 0.455. The Bertz CT molecular complexity index is 493. The van der Waals surface area contributed by atoms with E-state index >= 15 is 0 Å². The number of nitrogens with one attached hydrogen (secondary N) is 2. The van der Waals surface area contributed by atoms with Crippen LogP contribution in [0, 0.1) is 10.1 Å². The number of anilines is 1. The molecule has 1 amide bonds. The average Bonchev–Trinajstić information content (AvgIpc) is 2.30. The number of carbonyl (C=O) groups is 1. The van der Waals surface area contributed by atoms with Crippen molar-refractivity contribution < 1.29 is 9.72 Å². The number of aromatic nitrogens is 1. The lowest BCUT2D eigenvalue weighted by molar-refractivity contribution is -0.384. The maximum atomic E-state index is 11.8. The van der Waals surface area contributed by atoms with Crippen LogP contribution in [0.1, 0.15) is 20.8 Å². The molecule has 1 unspecified atom stereocenters. The third-order valence-corrected chi connectivity index (χ3v) is 2.86. The lowest BCUT2D eigenvalue weighted by atomic mass is 10.2. The predicted octanol–water partition coefficient (Wildman–Crippen LogP) is 2.08. The van der Waals surface area contributed by atoms with Crippen LogP contribution < -0.4 is 10.6 Å². The number of nitrogens with zero attached hydrogens (tertiary/aromatic N) is 2. The lowest BCUT2D eigenvalue weighted by Gasteiger charge is -2.17. The molecule has 2 N–H and O–H groups in total. The van der Waals surface area contributed by atoms with Crippen molar-refractivity contribution in [3.63, 3.8) is 0 Å². The molecular weight excluding hydrogens is 316 g/mol. The average molecular weight is 331 g/mol. The summed E-state index contributed by atoms with van der Waals surface area (Å²) in [6.07, 6.45) is 2.57. The van der Waals surface area contributed by atoms with E-state index in [1.165, 1.54) is 6.20 Å². The van der Waals surface area contributed by atoms with E-state index in [0.29, 0.717) is 4.47 Å². The van der Waals surface area contributed by atoms with Crippen molar-refractivity contribution in [3.8, 4) is 0 Å². The maximum absolute atomic E-state index is 11.8. The molecule has 1 atom stereocenters. The highest BCUT2D eigenvalue weighted by molar-refractivity contribution is 9.10. The highest BCUT2D eigenvalue weighted by atomic mass is 79.9. The number of hydrogen-bond acceptors (Lipinski definition) is 5. The number of rotatable bonds is 5. The first-order valence-electron chi connectivity index (χ1n) is 5.67. The minimum atomic E-state index is -0.597. The lowest BCUT2D eigenvalue weighted by Crippen LogP contribution is -2.41. The normalized spacial score (nSPS) is 12.1. The van der Waals surface area contributed by atoms with Crippen LogP contribution in [0.15, 0.2) is 16.9 Å². The van der Waals surface area contributed by atoms with Crippen molar-refractivity contribution in [1.29, 1.82) is 0 Å². The summed E-state index contributed by atoms with van der Waals surface area (Å²) >= 11 is 3.18. The summed E-state index contributed by atoms with van der Waals surface area (Å²) < 4.78 is 0.436. The Balaban J connectivity index is 2.93. The van der Waals surface area contributed by atoms with E-state index in [2.05, 4.69) is 31.5 Å². The fourth-order valence-electron chi connectivity index (χ4n) is 1.40. The van der Waals surface area contributed by atoms with E-state index in [-0.39, 0.29) is 23.3 Å². The van der Waals surface area contributed by atoms with E-state index in [1.54, 1.807) is 6.92 Å². The molecule has 19 heavy (non-hydrogen) atoms. The Morgan fingerprint density at radius 3 is 2.58 bits per heavy atom. The second-order valence-corrected chi connectivity index (χ2v) is 5.16. The zero-order chi connectivity index (χ0) is 14.6. The third kappa shape index (κ3) is 4.16. The monoisotopic (exact) mass is 330 g/mol. The summed E-state index contributed by atoms with van der Waals surface area (Å²) in [5, 5.41) is 16.5. The van der Waals surface area contributed by atoms with Crippen molar-refractivity contribution in [1.82, 2.24) is 10.3 Å². The molecule has 0 spiro atoms. The summed E-state index contributed by atoms with van der Waals surface area (Å²) in [7, 11) is 0. The van der Waals surface area contributed by atoms with Gasteiger partial charge in [0.15, 0.2) is 0 Å². The van der Waals surface area contributed by atoms with Gasteiger partial charge in [0.25, 0.3) is 0 Å². The van der Waals surface area contributed by atoms with Gasteiger partial charge in [0.2, 0.25) is 5.91 Å². The van der Waals surface area contributed by atoms with E-state index in [0.717, 1.165) is 6.20 Å². The molecule has 0 bridgehead atoms. The largest absolute Gasteiger partial charge is 0.367 e. The van der Waals surface area contributed by atoms with Gasteiger partial charge in [-0.3, -0.25) is 19.9 Å². The molecule has 0 aliphatic rings. The van der Waals surface area contributed by atoms with Gasteiger partial charge in [0, 0.05) is 12.2 Å². The maximum Gasteiger partial charge on any atom is 0.311 e. The smallest absolute Gasteiger partial charge is 0.311 e. The quantitative estimate of drug-likeness (QED) is 0.636. The van der Waals surface area contributed by atoms with E-state index in [9.17, 15) is 14.9 Å². The third-order valence-electron chi connectivity index (χ3n) is 2.26. The molecule has 104 valence electrons. The number of hydrogen-bond donors (Lipinski definition) is 2. The Morgan fingerprint density at radius 2 is 2.05 bits per heavy atom. The second-order valence-electron chi connectivity index (χ2n) is 4.30. The van der Waals surface area contributed by atoms with Crippen molar-refractivity contribution in [2.24, 2.45) is 0 Å². The molecule has 1 rings (SSSR count). The minimum absolute atomic E-state index is 0.00705. The summed E-state index contributed by atoms with van der Waals surface area (Å²) in [5.41, 5.74) is 0.0602. The van der Waals surface area contributed by atoms with Gasteiger partial charge in [-0.2, -0.15) is 0 Å². The first-order valence-corrected chi connectivity index (χ1v) is 6.47. The molecule has 1 aromatic rings. The number of pyridine rings is 1. The van der Waals surface area contributed by atoms with Crippen molar-refractivity contribution in [3.05, 3.63) is 27.0 Å². The second kappa shape index (κ2) is 6.46. The first-order chi connectivity index (χ1) is 8.82. The zero-order valence-electron chi connectivity index (χ0n) is 10.8. The molecule has 0 aliphatic heterocycles. The van der Waals surface area contributed by atoms with Gasteiger partial charge in [0.05, 0.1) is 9.40 Å². The Labute approximate surface area is 119 Å². The minimum Gasteiger partial charge on any atom is -0.367 e. The molecule has 1 heterocycles. The van der Waals surface area contributed by atoms with Crippen LogP contribution in [0.5, 0.6) is 0 Å². The van der Waals surface area contributed by atoms with Crippen LogP contribution in [-0.4, -0.2) is 27.9 Å². The molecule has 8 heteroatoms. The topological polar surface area (TPSA) is 97.2 Å². The molecule has 0 radical (unpaired) electrons. The van der Waals surface area contributed by atoms with Gasteiger partial charge < -0.3 is 10.6 Å². The van der Waals surface area contributed by atoms with Crippen LogP contribution in [0.3, 0.4) is 0 Å². The number of amides is 1. The summed E-state index contributed by atoms with van der Waals surface area (Å²) in [5.74, 6) is -0.229. The van der Waals surface area contributed by atoms with Crippen molar-refractivity contribution in [2.75, 3.05) is 5.32 Å². The fourth-order valence-corrected chi connectivity index (χ4v) is 1.83. The number of carbonyl (C=O) groups excluding carboxylic acids is 1. The Morgan fingerprint density at radius 1 is 1.42 bits per heavy atom. The summed E-state index contributed by atoms with van der Waals surface area (Å²) in [4.78, 5) is 25.9. The van der Waals surface area contributed by atoms with Gasteiger partial charge in [-0.25, -0.2) is 0 Å². The van der Waals surface area contributed by atoms with Crippen molar-refractivity contribution in [2.45, 2.75) is 32.9 Å². The molecule has 0 saturated heterocycles. The standard InChI is InChI=1S/C11H15BrN4O3/c1-6(2)14-11(17)7(3)15-10-8(12)4-13-5-9(10)16(18)19/h4-7H,1-3H3,(H,13,15)(H,14,17). The number of halogens is 1. The zero-order valence-corrected chi connectivity index (χ0v) is 12.4. The molecular formula is C11H15BrN4O3. The molecule has 0 aliphatic carbocycles. The van der Waals surface area contributed by atoms with E-state index < -0.39 is 11.0 Å². The molecule has 0 fully saturated rings. The van der Waals surface area contributed by atoms with E-state index in [4.69, 9.17) is 0 Å². The van der Waals surface area contributed by atoms with Gasteiger partial charge in [-0.1, -0.05) is 0 Å². The highest BCUT2D eigenvalue weighted by Gasteiger charge is 2.22. The van der Waals surface area contributed by atoms with Crippen LogP contribution in [0.25, 0.3) is 0 Å². The molecule has 7 nitrogen and oxygen atoms in total. The number of nitro groups is 1. The Hall–Kier alpha value is -1.70. The van der Waals surface area contributed by atoms with Crippen LogP contribution in [-0.2, 0) is 4.79 Å². The molecule has 1 aromatic heterocycles. The Kier molecular flexibility index (Phi) is 5.22. The van der Waals surface area contributed by atoms with Gasteiger partial charge in [-0.15, -0.1) is 0 Å². The van der Waals surface area contributed by atoms with Crippen LogP contribution in [0.2, 0.25) is 0 Å². The van der Waals surface area contributed by atoms with Crippen molar-refractivity contribution >= 4 is 33.2 Å². The predicted molar refractivity (Wildman–Crippen MR) is 75.0 cm³/mol. The van der Waals surface area contributed by atoms with Gasteiger partial charge >= 0.3 is 5.69 Å². The van der Waals surface area contributed by atoms with Crippen LogP contribution in [0.4, 0.5) is 11.4 Å². The summed E-state index contributed by atoms with van der Waals surface area (Å²) in [6, 6.07) is -0.590. The van der Waals surface area contributed by atoms with Crippen LogP contribution >= 0.6 is 15.9 Å². The SMILES string of the molecule is CC(C)NC(=O)C(C)Nc1c(Br)cncc1[N+](=O)[O-]. The van der Waals surface area contributed by atoms with Gasteiger partial charge in [0.1, 0.15) is 17.9 Å². The first kappa shape index (κ1) is 15.4. The van der Waals surface area contributed by atoms with E-state index in [1.807, 2.05) is 13.8 Å². The summed E-state index contributed by atoms with van der Waals surface area (Å²) in [6.45, 7) is 5.32. The molecule has 0 saturated carbocycles. The van der Waals surface area contributed by atoms with Gasteiger partial charge in [-0.05, 0) is 36.7 Å². The highest BCUT2D eigenvalue weighted by Crippen LogP contribution is 2.31.